The summed E-state index contributed by atoms with van der Waals surface area (Å²) in [6, 6.07) is 29.1. The molecular weight excluding hydrogens is 1040 g/mol. The van der Waals surface area contributed by atoms with Crippen molar-refractivity contribution in [3.05, 3.63) is 155 Å². The molecule has 4 aromatic heterocycles. The maximum absolute atomic E-state index is 14.2. The van der Waals surface area contributed by atoms with E-state index in [0.717, 1.165) is 92.1 Å². The van der Waals surface area contributed by atoms with E-state index in [2.05, 4.69) is 46.0 Å². The highest BCUT2D eigenvalue weighted by Crippen LogP contribution is 2.34. The number of benzene rings is 4. The molecular formula is C61H70F4N8O6Si. The molecule has 2 unspecified atom stereocenters. The minimum Gasteiger partial charge on any atom is -0.480 e. The zero-order valence-electron chi connectivity index (χ0n) is 46.2. The SMILES string of the molecule is CC[SiH](CC)CC.Cc1cc(-c2n[nH]c3ccc(C(=O)CN4CCCC(CO)(Oc5cc(F)ccc5F)C4)cc23)ccn1.Cc1cc(-c2nn(C)c3ccc(C(=O)CN4CCCC(CO)(Oc5cc(F)ccc5F)C4)cc23)ccn1. The van der Waals surface area contributed by atoms with Crippen LogP contribution in [0.3, 0.4) is 0 Å². The monoisotopic (exact) mass is 1110 g/mol. The van der Waals surface area contributed by atoms with Gasteiger partial charge in [0.15, 0.2) is 34.7 Å². The molecule has 0 amide bonds. The fraction of sp³-hybridized carbons (Fsp3) is 0.377. The minimum absolute atomic E-state index is 0.0895. The Balaban J connectivity index is 0.000000188. The molecule has 2 aliphatic rings. The van der Waals surface area contributed by atoms with Gasteiger partial charge in [0.2, 0.25) is 0 Å². The van der Waals surface area contributed by atoms with E-state index in [1.54, 1.807) is 29.2 Å². The standard InChI is InChI=1S/C28H28F2N4O3.C27H26F2N4O3.C6H16Si/c1-18-12-20(8-10-31-18)27-22-13-19(4-7-24(22)33(2)32-27)25(36)15-34-11-3-9-28(16-34,17-35)37-26-14-21(29)5-6-23(26)30;1-17-11-19(7-9-30-17)26-21-12-18(3-6-23(21)31-32-26)24(35)14-33-10-2-8-27(15-33,16-34)36-25-13-20(28)4-5-22(25)29;1-4-7(5-2)6-3/h4-8,10,12-14,35H,3,9,11,15-17H2,1-2H3;3-7,9,11-13,34H,2,8,10,14-16H2,1H3,(H,31,32);7H,4-6H2,1-3H3. The lowest BCUT2D eigenvalue weighted by Gasteiger charge is -2.41. The third-order valence-electron chi connectivity index (χ3n) is 15.1. The van der Waals surface area contributed by atoms with E-state index in [4.69, 9.17) is 9.47 Å². The van der Waals surface area contributed by atoms with Gasteiger partial charge in [0.25, 0.3) is 0 Å². The molecule has 2 atom stereocenters. The highest BCUT2D eigenvalue weighted by molar-refractivity contribution is 6.58. The number of likely N-dealkylation sites (tertiary alicyclic amines) is 2. The fourth-order valence-electron chi connectivity index (χ4n) is 10.6. The first-order valence-electron chi connectivity index (χ1n) is 27.3. The molecule has 80 heavy (non-hydrogen) atoms. The van der Waals surface area contributed by atoms with Crippen LogP contribution in [0.15, 0.2) is 109 Å². The third kappa shape index (κ3) is 14.2. The number of piperidine rings is 2. The number of aliphatic hydroxyl groups is 2. The number of hydrogen-bond acceptors (Lipinski definition) is 12. The number of aryl methyl sites for hydroxylation is 3. The van der Waals surface area contributed by atoms with Crippen LogP contribution in [0.25, 0.3) is 44.3 Å². The first-order valence-corrected chi connectivity index (χ1v) is 29.7. The zero-order chi connectivity index (χ0) is 57.1. The number of H-pyrrole nitrogens is 1. The van der Waals surface area contributed by atoms with Crippen molar-refractivity contribution in [3.8, 4) is 34.0 Å². The number of aromatic amines is 1. The molecule has 19 heteroatoms. The van der Waals surface area contributed by atoms with E-state index in [0.29, 0.717) is 49.9 Å². The van der Waals surface area contributed by atoms with E-state index in [1.807, 2.05) is 79.2 Å². The Morgan fingerprint density at radius 2 is 1.12 bits per heavy atom. The van der Waals surface area contributed by atoms with Crippen LogP contribution in [0.2, 0.25) is 18.1 Å². The Hall–Kier alpha value is -7.16. The number of halogens is 4. The van der Waals surface area contributed by atoms with Gasteiger partial charge in [-0.05, 0) is 138 Å². The van der Waals surface area contributed by atoms with Crippen molar-refractivity contribution in [2.75, 3.05) is 52.5 Å². The van der Waals surface area contributed by atoms with Crippen molar-refractivity contribution in [1.29, 1.82) is 0 Å². The molecule has 6 heterocycles. The van der Waals surface area contributed by atoms with Gasteiger partial charge in [0.05, 0.1) is 37.3 Å². The number of nitrogens with one attached hydrogen (secondary N) is 1. The second-order valence-corrected chi connectivity index (χ2v) is 25.2. The Bertz CT molecular complexity index is 3440. The van der Waals surface area contributed by atoms with Crippen LogP contribution in [0.4, 0.5) is 17.6 Å². The molecule has 10 rings (SSSR count). The Morgan fingerprint density at radius 1 is 0.637 bits per heavy atom. The lowest BCUT2D eigenvalue weighted by molar-refractivity contribution is -0.0474. The second-order valence-electron chi connectivity index (χ2n) is 21.0. The number of aliphatic hydroxyl groups excluding tert-OH is 2. The Morgan fingerprint density at radius 3 is 1.60 bits per heavy atom. The summed E-state index contributed by atoms with van der Waals surface area (Å²) in [7, 11) is 1.69. The van der Waals surface area contributed by atoms with Crippen molar-refractivity contribution in [1.82, 2.24) is 39.7 Å². The van der Waals surface area contributed by atoms with Gasteiger partial charge in [0.1, 0.15) is 34.2 Å². The number of fused-ring (bicyclic) bond motifs is 2. The first kappa shape index (κ1) is 59.0. The summed E-state index contributed by atoms with van der Waals surface area (Å²) >= 11 is 0. The molecule has 0 bridgehead atoms. The lowest BCUT2D eigenvalue weighted by Crippen LogP contribution is -2.55. The normalized spacial score (nSPS) is 17.7. The molecule has 2 fully saturated rings. The van der Waals surface area contributed by atoms with Crippen LogP contribution in [0.1, 0.15) is 78.6 Å². The predicted molar refractivity (Wildman–Crippen MR) is 305 cm³/mol. The Kier molecular flexibility index (Phi) is 19.5. The number of carbonyl (C=O) groups is 2. The third-order valence-corrected chi connectivity index (χ3v) is 18.6. The molecule has 422 valence electrons. The average molecular weight is 1120 g/mol. The summed E-state index contributed by atoms with van der Waals surface area (Å²) in [4.78, 5) is 38.8. The maximum Gasteiger partial charge on any atom is 0.176 e. The second kappa shape index (κ2) is 26.4. The van der Waals surface area contributed by atoms with Crippen LogP contribution in [-0.2, 0) is 7.05 Å². The quantitative estimate of drug-likeness (QED) is 0.0448. The van der Waals surface area contributed by atoms with Crippen molar-refractivity contribution >= 4 is 42.2 Å². The van der Waals surface area contributed by atoms with Gasteiger partial charge in [-0.2, -0.15) is 10.2 Å². The highest BCUT2D eigenvalue weighted by atomic mass is 28.3. The van der Waals surface area contributed by atoms with Gasteiger partial charge >= 0.3 is 0 Å². The molecule has 14 nitrogen and oxygen atoms in total. The zero-order valence-corrected chi connectivity index (χ0v) is 47.4. The molecule has 4 aromatic carbocycles. The topological polar surface area (TPSA) is 172 Å². The molecule has 0 spiro atoms. The van der Waals surface area contributed by atoms with Crippen LogP contribution in [0, 0.1) is 37.1 Å². The number of ketones is 2. The molecule has 0 aliphatic carbocycles. The molecule has 2 saturated heterocycles. The molecule has 3 N–H and O–H groups in total. The van der Waals surface area contributed by atoms with Gasteiger partial charge < -0.3 is 19.7 Å². The summed E-state index contributed by atoms with van der Waals surface area (Å²) < 4.78 is 69.1. The average Bonchev–Trinajstić information content (AvgIpc) is 4.04. The van der Waals surface area contributed by atoms with Crippen molar-refractivity contribution in [2.45, 2.75) is 89.6 Å². The summed E-state index contributed by atoms with van der Waals surface area (Å²) in [5, 5.41) is 34.1. The van der Waals surface area contributed by atoms with Gasteiger partial charge in [-0.25, -0.2) is 17.6 Å². The molecule has 8 aromatic rings. The van der Waals surface area contributed by atoms with E-state index < -0.39 is 34.5 Å². The molecule has 2 aliphatic heterocycles. The number of hydrogen-bond donors (Lipinski definition) is 3. The number of ether oxygens (including phenoxy) is 2. The highest BCUT2D eigenvalue weighted by Gasteiger charge is 2.40. The fourth-order valence-corrected chi connectivity index (χ4v) is 12.3. The summed E-state index contributed by atoms with van der Waals surface area (Å²) in [6.45, 7) is 11.9. The maximum atomic E-state index is 14.2. The molecule has 0 radical (unpaired) electrons. The number of carbonyl (C=O) groups excluding carboxylic acids is 2. The number of aromatic nitrogens is 6. The van der Waals surface area contributed by atoms with E-state index in [9.17, 15) is 37.4 Å². The van der Waals surface area contributed by atoms with Crippen molar-refractivity contribution in [2.24, 2.45) is 7.05 Å². The van der Waals surface area contributed by atoms with Crippen LogP contribution in [-0.4, -0.2) is 134 Å². The van der Waals surface area contributed by atoms with Gasteiger partial charge in [-0.1, -0.05) is 38.9 Å². The van der Waals surface area contributed by atoms with Gasteiger partial charge in [0, 0.05) is 97.9 Å². The Labute approximate surface area is 465 Å². The van der Waals surface area contributed by atoms with Crippen molar-refractivity contribution < 1.29 is 46.8 Å². The minimum atomic E-state index is -1.13. The van der Waals surface area contributed by atoms with E-state index in [1.165, 1.54) is 18.1 Å². The lowest BCUT2D eigenvalue weighted by atomic mass is 9.92. The van der Waals surface area contributed by atoms with Crippen molar-refractivity contribution in [3.63, 3.8) is 0 Å². The van der Waals surface area contributed by atoms with Gasteiger partial charge in [-0.15, -0.1) is 0 Å². The van der Waals surface area contributed by atoms with Crippen LogP contribution >= 0.6 is 0 Å². The first-order chi connectivity index (χ1) is 38.5. The van der Waals surface area contributed by atoms with E-state index >= 15 is 0 Å². The molecule has 0 saturated carbocycles. The number of pyridine rings is 2. The summed E-state index contributed by atoms with van der Waals surface area (Å²) in [5.41, 5.74) is 5.64. The summed E-state index contributed by atoms with van der Waals surface area (Å²) in [6.07, 6.45) is 5.65. The predicted octanol–water partition coefficient (Wildman–Crippen LogP) is 10.9. The number of rotatable bonds is 17. The number of Topliss-reactive ketones (excluding diaryl/α,β-unsaturated/α-hetero) is 2. The summed E-state index contributed by atoms with van der Waals surface area (Å²) in [5.74, 6) is -3.34. The largest absolute Gasteiger partial charge is 0.480 e. The van der Waals surface area contributed by atoms with Gasteiger partial charge in [-0.3, -0.25) is 39.1 Å². The number of nitrogens with zero attached hydrogens (tertiary/aromatic N) is 7. The van der Waals surface area contributed by atoms with E-state index in [-0.39, 0.29) is 71.3 Å². The smallest absolute Gasteiger partial charge is 0.176 e. The van der Waals surface area contributed by atoms with Crippen LogP contribution < -0.4 is 9.47 Å². The van der Waals surface area contributed by atoms with Crippen LogP contribution in [0.5, 0.6) is 11.5 Å².